The van der Waals surface area contributed by atoms with Gasteiger partial charge in [-0.2, -0.15) is 48.3 Å². The summed E-state index contributed by atoms with van der Waals surface area (Å²) in [7, 11) is 0.754. The third kappa shape index (κ3) is 3.72. The van der Waals surface area contributed by atoms with E-state index in [1.807, 2.05) is 0 Å². The predicted octanol–water partition coefficient (Wildman–Crippen LogP) is 6.04. The molecule has 1 rings (SSSR count). The van der Waals surface area contributed by atoms with Gasteiger partial charge in [0.15, 0.2) is 0 Å². The van der Waals surface area contributed by atoms with E-state index in [-0.39, 0.29) is 5.56 Å². The molecule has 0 heterocycles. The second-order valence-corrected chi connectivity index (χ2v) is 5.90. The predicted molar refractivity (Wildman–Crippen MR) is 71.3 cm³/mol. The lowest BCUT2D eigenvalue weighted by Crippen LogP contribution is -2.67. The smallest absolute Gasteiger partial charge is 0.374 e. The van der Waals surface area contributed by atoms with Crippen molar-refractivity contribution in [1.29, 1.82) is 0 Å². The van der Waals surface area contributed by atoms with E-state index in [9.17, 15) is 48.3 Å². The first-order valence-corrected chi connectivity index (χ1v) is 7.06. The molecule has 156 valence electrons. The molecule has 27 heavy (non-hydrogen) atoms. The summed E-state index contributed by atoms with van der Waals surface area (Å²) in [6.45, 7) is 0.770. The minimum absolute atomic E-state index is 0.214. The zero-order valence-electron chi connectivity index (χ0n) is 13.7. The van der Waals surface area contributed by atoms with Crippen LogP contribution in [0.4, 0.5) is 48.3 Å². The van der Waals surface area contributed by atoms with Crippen LogP contribution in [-0.2, 0) is 10.3 Å². The van der Waals surface area contributed by atoms with Crippen LogP contribution < -0.4 is 0 Å². The van der Waals surface area contributed by atoms with E-state index in [1.54, 1.807) is 0 Å². The van der Waals surface area contributed by atoms with Gasteiger partial charge in [-0.05, 0) is 12.5 Å². The summed E-state index contributed by atoms with van der Waals surface area (Å²) >= 11 is 0. The van der Waals surface area contributed by atoms with E-state index in [1.165, 1.54) is 18.2 Å². The third-order valence-corrected chi connectivity index (χ3v) is 4.00. The van der Waals surface area contributed by atoms with Crippen molar-refractivity contribution in [2.24, 2.45) is 0 Å². The fourth-order valence-electron chi connectivity index (χ4n) is 2.22. The van der Waals surface area contributed by atoms with Crippen LogP contribution in [0.3, 0.4) is 0 Å². The molecule has 0 saturated heterocycles. The molecule has 0 radical (unpaired) electrons. The highest BCUT2D eigenvalue weighted by atomic mass is 19.4. The molecule has 12 heteroatoms. The molecule has 0 aliphatic carbocycles. The quantitative estimate of drug-likeness (QED) is 0.491. The molecule has 0 amide bonds. The molecule has 0 bridgehead atoms. The van der Waals surface area contributed by atoms with E-state index in [4.69, 9.17) is 0 Å². The van der Waals surface area contributed by atoms with E-state index in [0.717, 1.165) is 26.2 Å². The number of alkyl halides is 11. The van der Waals surface area contributed by atoms with Crippen molar-refractivity contribution in [3.8, 4) is 0 Å². The van der Waals surface area contributed by atoms with E-state index in [2.05, 4.69) is 4.74 Å². The molecule has 0 N–H and O–H groups in total. The van der Waals surface area contributed by atoms with Crippen LogP contribution in [0.25, 0.3) is 0 Å². The molecule has 0 aliphatic heterocycles. The fourth-order valence-corrected chi connectivity index (χ4v) is 2.22. The molecule has 1 nitrogen and oxygen atoms in total. The van der Waals surface area contributed by atoms with Gasteiger partial charge >= 0.3 is 29.9 Å². The Kier molecular flexibility index (Phi) is 5.89. The lowest BCUT2D eigenvalue weighted by molar-refractivity contribution is -0.424. The lowest BCUT2D eigenvalue weighted by Gasteiger charge is -2.40. The number of ether oxygens (including phenoxy) is 1. The third-order valence-electron chi connectivity index (χ3n) is 4.00. The van der Waals surface area contributed by atoms with Gasteiger partial charge in [-0.3, -0.25) is 0 Å². The highest BCUT2D eigenvalue weighted by molar-refractivity contribution is 5.23. The van der Waals surface area contributed by atoms with Crippen molar-refractivity contribution in [2.45, 2.75) is 48.8 Å². The molecule has 0 aliphatic rings. The van der Waals surface area contributed by atoms with Crippen molar-refractivity contribution >= 4 is 0 Å². The van der Waals surface area contributed by atoms with Crippen molar-refractivity contribution in [2.75, 3.05) is 7.11 Å². The minimum atomic E-state index is -7.42. The lowest BCUT2D eigenvalue weighted by atomic mass is 9.85. The first-order valence-electron chi connectivity index (χ1n) is 7.06. The number of halogens is 11. The van der Waals surface area contributed by atoms with Gasteiger partial charge in [0.1, 0.15) is 0 Å². The molecule has 1 aromatic rings. The number of rotatable bonds is 7. The van der Waals surface area contributed by atoms with E-state index in [0.29, 0.717) is 0 Å². The van der Waals surface area contributed by atoms with Crippen molar-refractivity contribution < 1.29 is 53.0 Å². The average Bonchev–Trinajstić information content (AvgIpc) is 2.53. The zero-order valence-corrected chi connectivity index (χ0v) is 13.7. The van der Waals surface area contributed by atoms with Gasteiger partial charge in [-0.15, -0.1) is 0 Å². The molecular formula is C15H13F11O. The zero-order chi connectivity index (χ0) is 21.5. The first kappa shape index (κ1) is 23.4. The Morgan fingerprint density at radius 1 is 0.704 bits per heavy atom. The molecule has 0 aromatic heterocycles. The number of benzene rings is 1. The van der Waals surface area contributed by atoms with Crippen LogP contribution in [0.1, 0.15) is 18.9 Å². The average molecular weight is 418 g/mol. The van der Waals surface area contributed by atoms with Gasteiger partial charge in [0, 0.05) is 7.11 Å². The molecule has 0 saturated carbocycles. The van der Waals surface area contributed by atoms with Crippen molar-refractivity contribution in [1.82, 2.24) is 0 Å². The van der Waals surface area contributed by atoms with Gasteiger partial charge in [-0.25, -0.2) is 0 Å². The van der Waals surface area contributed by atoms with Gasteiger partial charge in [0.25, 0.3) is 0 Å². The van der Waals surface area contributed by atoms with Crippen LogP contribution >= 0.6 is 0 Å². The van der Waals surface area contributed by atoms with Crippen LogP contribution in [-0.4, -0.2) is 37.0 Å². The van der Waals surface area contributed by atoms with Crippen molar-refractivity contribution in [3.63, 3.8) is 0 Å². The standard InChI is InChI=1S/C15H13F11O/c1-10(27-2,9-6-4-3-5-7-9)8-11(16,17)12(18,19)13(20,21)14(22,23)15(24,25)26/h3-7H,8H2,1-2H3. The Bertz CT molecular complexity index is 639. The largest absolute Gasteiger partial charge is 0.460 e. The summed E-state index contributed by atoms with van der Waals surface area (Å²) in [4.78, 5) is 0. The van der Waals surface area contributed by atoms with Crippen molar-refractivity contribution in [3.05, 3.63) is 35.9 Å². The molecule has 0 spiro atoms. The van der Waals surface area contributed by atoms with Gasteiger partial charge in [0.05, 0.1) is 12.0 Å². The Morgan fingerprint density at radius 3 is 1.52 bits per heavy atom. The SMILES string of the molecule is COC(C)(CC(F)(F)C(F)(F)C(F)(F)C(F)(F)C(F)(F)F)c1ccccc1. The Balaban J connectivity index is 3.39. The monoisotopic (exact) mass is 418 g/mol. The Hall–Kier alpha value is -1.59. The second kappa shape index (κ2) is 6.78. The molecular weight excluding hydrogens is 405 g/mol. The Labute approximate surface area is 146 Å². The highest BCUT2D eigenvalue weighted by Gasteiger charge is 2.87. The maximum atomic E-state index is 14.0. The highest BCUT2D eigenvalue weighted by Crippen LogP contribution is 2.59. The van der Waals surface area contributed by atoms with Crippen LogP contribution in [0, 0.1) is 0 Å². The maximum absolute atomic E-state index is 14.0. The van der Waals surface area contributed by atoms with E-state index >= 15 is 0 Å². The second-order valence-electron chi connectivity index (χ2n) is 5.90. The fraction of sp³-hybridized carbons (Fsp3) is 0.600. The molecule has 1 unspecified atom stereocenters. The van der Waals surface area contributed by atoms with E-state index < -0.39 is 41.9 Å². The van der Waals surface area contributed by atoms with Gasteiger partial charge in [0.2, 0.25) is 0 Å². The normalized spacial score (nSPS) is 16.9. The summed E-state index contributed by atoms with van der Waals surface area (Å²) in [5.74, 6) is -27.9. The van der Waals surface area contributed by atoms with Gasteiger partial charge in [-0.1, -0.05) is 30.3 Å². The number of hydrogen-bond acceptors (Lipinski definition) is 1. The summed E-state index contributed by atoms with van der Waals surface area (Å²) in [6.07, 6.45) is -9.48. The van der Waals surface area contributed by atoms with Gasteiger partial charge < -0.3 is 4.74 Å². The minimum Gasteiger partial charge on any atom is -0.374 e. The van der Waals surface area contributed by atoms with Crippen LogP contribution in [0.2, 0.25) is 0 Å². The topological polar surface area (TPSA) is 9.23 Å². The molecule has 0 fully saturated rings. The first-order chi connectivity index (χ1) is 11.9. The summed E-state index contributed by atoms with van der Waals surface area (Å²) in [5.41, 5.74) is -2.61. The molecule has 1 aromatic carbocycles. The van der Waals surface area contributed by atoms with Crippen LogP contribution in [0.5, 0.6) is 0 Å². The number of methoxy groups -OCH3 is 1. The Morgan fingerprint density at radius 2 is 1.15 bits per heavy atom. The summed E-state index contributed by atoms with van der Waals surface area (Å²) < 4.78 is 148. The summed E-state index contributed by atoms with van der Waals surface area (Å²) in [5, 5.41) is 0. The molecule has 1 atom stereocenters. The maximum Gasteiger partial charge on any atom is 0.460 e. The number of hydrogen-bond donors (Lipinski definition) is 0. The van der Waals surface area contributed by atoms with Crippen LogP contribution in [0.15, 0.2) is 30.3 Å². The summed E-state index contributed by atoms with van der Waals surface area (Å²) in [6, 6.07) is 6.11.